The number of rotatable bonds is 7. The minimum Gasteiger partial charge on any atom is -0.367 e. The zero-order valence-electron chi connectivity index (χ0n) is 17.6. The first-order chi connectivity index (χ1) is 15.7. The Balaban J connectivity index is 1.53. The summed E-state index contributed by atoms with van der Waals surface area (Å²) in [6.45, 7) is 2.70. The molecule has 1 atom stereocenters. The maximum absolute atomic E-state index is 6.44. The van der Waals surface area contributed by atoms with Crippen LogP contribution in [0.2, 0.25) is 0 Å². The fourth-order valence-corrected chi connectivity index (χ4v) is 4.84. The number of hydrogen-bond acceptors (Lipinski definition) is 7. The molecule has 1 unspecified atom stereocenters. The van der Waals surface area contributed by atoms with Crippen molar-refractivity contribution < 1.29 is 0 Å². The number of fused-ring (bicyclic) bond motifs is 1. The van der Waals surface area contributed by atoms with Crippen molar-refractivity contribution in [3.05, 3.63) is 77.6 Å². The van der Waals surface area contributed by atoms with E-state index in [0.29, 0.717) is 12.4 Å². The van der Waals surface area contributed by atoms with Gasteiger partial charge in [-0.05, 0) is 37.1 Å². The highest BCUT2D eigenvalue weighted by molar-refractivity contribution is 7.20. The second-order valence-corrected chi connectivity index (χ2v) is 8.87. The van der Waals surface area contributed by atoms with Crippen molar-refractivity contribution in [3.63, 3.8) is 0 Å². The quantitative estimate of drug-likeness (QED) is 0.345. The molecule has 7 nitrogen and oxygen atoms in total. The minimum atomic E-state index is -0.0417. The zero-order valence-corrected chi connectivity index (χ0v) is 18.4. The van der Waals surface area contributed by atoms with E-state index in [2.05, 4.69) is 39.6 Å². The van der Waals surface area contributed by atoms with Crippen molar-refractivity contribution in [2.75, 3.05) is 11.9 Å². The maximum Gasteiger partial charge on any atom is 0.162 e. The lowest BCUT2D eigenvalue weighted by Crippen LogP contribution is -2.31. The highest BCUT2D eigenvalue weighted by Crippen LogP contribution is 2.40. The normalized spacial score (nSPS) is 12.2. The molecule has 0 saturated heterocycles. The number of nitrogens with zero attached hydrogens (tertiary/aromatic N) is 4. The molecule has 0 aliphatic rings. The van der Waals surface area contributed by atoms with Gasteiger partial charge in [-0.25, -0.2) is 9.97 Å². The molecule has 0 amide bonds. The lowest BCUT2D eigenvalue weighted by atomic mass is 10.1. The first-order valence-corrected chi connectivity index (χ1v) is 11.3. The summed E-state index contributed by atoms with van der Waals surface area (Å²) in [5.74, 6) is 1.45. The third-order valence-electron chi connectivity index (χ3n) is 5.29. The molecule has 0 bridgehead atoms. The second kappa shape index (κ2) is 8.86. The Morgan fingerprint density at radius 1 is 1.03 bits per heavy atom. The molecule has 32 heavy (non-hydrogen) atoms. The summed E-state index contributed by atoms with van der Waals surface area (Å²) in [5.41, 5.74) is 11.5. The molecule has 0 saturated carbocycles. The molecule has 0 spiro atoms. The van der Waals surface area contributed by atoms with Crippen LogP contribution in [0.4, 0.5) is 5.82 Å². The van der Waals surface area contributed by atoms with Gasteiger partial charge in [0.1, 0.15) is 5.82 Å². The van der Waals surface area contributed by atoms with E-state index in [4.69, 9.17) is 15.7 Å². The second-order valence-electron chi connectivity index (χ2n) is 7.64. The maximum atomic E-state index is 6.44. The van der Waals surface area contributed by atoms with E-state index >= 15 is 0 Å². The number of aromatic amines is 1. The van der Waals surface area contributed by atoms with Crippen LogP contribution in [0, 0.1) is 6.92 Å². The van der Waals surface area contributed by atoms with Gasteiger partial charge in [0.15, 0.2) is 5.82 Å². The van der Waals surface area contributed by atoms with Crippen LogP contribution in [0.5, 0.6) is 0 Å². The number of benzene rings is 1. The van der Waals surface area contributed by atoms with Crippen LogP contribution in [-0.2, 0) is 6.42 Å². The number of thiophene rings is 1. The molecule has 1 aromatic carbocycles. The topological polar surface area (TPSA) is 105 Å². The Kier molecular flexibility index (Phi) is 5.62. The molecule has 8 heteroatoms. The van der Waals surface area contributed by atoms with Crippen molar-refractivity contribution in [2.24, 2.45) is 5.73 Å². The molecule has 0 aliphatic heterocycles. The molecule has 0 fully saturated rings. The van der Waals surface area contributed by atoms with Crippen LogP contribution in [0.3, 0.4) is 0 Å². The number of nitrogens with two attached hydrogens (primary N) is 1. The fourth-order valence-electron chi connectivity index (χ4n) is 3.77. The molecule has 4 N–H and O–H groups in total. The van der Waals surface area contributed by atoms with Crippen LogP contribution in [0.1, 0.15) is 10.4 Å². The third-order valence-corrected chi connectivity index (χ3v) is 6.39. The monoisotopic (exact) mass is 441 g/mol. The molecule has 5 rings (SSSR count). The predicted molar refractivity (Wildman–Crippen MR) is 130 cm³/mol. The standard InChI is InChI=1S/C24H23N7S/c1-15-20(19-9-12-28-31-19)21-22(32-15)24(30-23(29-21)17-7-10-26-11-8-17)27-14-18(25)13-16-5-3-2-4-6-16/h2-12,18H,13-14,25H2,1H3,(H,28,31)(H,27,29,30). The van der Waals surface area contributed by atoms with Gasteiger partial charge in [-0.15, -0.1) is 11.3 Å². The van der Waals surface area contributed by atoms with Gasteiger partial charge in [0.2, 0.25) is 0 Å². The Morgan fingerprint density at radius 2 is 1.84 bits per heavy atom. The lowest BCUT2D eigenvalue weighted by Gasteiger charge is -2.14. The van der Waals surface area contributed by atoms with Gasteiger partial charge in [-0.2, -0.15) is 5.10 Å². The van der Waals surface area contributed by atoms with E-state index < -0.39 is 0 Å². The summed E-state index contributed by atoms with van der Waals surface area (Å²) < 4.78 is 1.01. The van der Waals surface area contributed by atoms with Crippen LogP contribution in [0.15, 0.2) is 67.1 Å². The number of H-pyrrole nitrogens is 1. The van der Waals surface area contributed by atoms with Gasteiger partial charge in [0, 0.05) is 47.2 Å². The van der Waals surface area contributed by atoms with Gasteiger partial charge in [0.25, 0.3) is 0 Å². The number of anilines is 1. The summed E-state index contributed by atoms with van der Waals surface area (Å²) in [4.78, 5) is 15.1. The van der Waals surface area contributed by atoms with Gasteiger partial charge in [-0.1, -0.05) is 30.3 Å². The average molecular weight is 442 g/mol. The summed E-state index contributed by atoms with van der Waals surface area (Å²) in [6, 6.07) is 16.1. The van der Waals surface area contributed by atoms with Crippen molar-refractivity contribution >= 4 is 27.4 Å². The van der Waals surface area contributed by atoms with Crippen LogP contribution < -0.4 is 11.1 Å². The van der Waals surface area contributed by atoms with Crippen LogP contribution >= 0.6 is 11.3 Å². The van der Waals surface area contributed by atoms with Crippen LogP contribution in [-0.4, -0.2) is 37.7 Å². The van der Waals surface area contributed by atoms with Gasteiger partial charge in [-0.3, -0.25) is 10.1 Å². The minimum absolute atomic E-state index is 0.0417. The molecular weight excluding hydrogens is 418 g/mol. The number of aryl methyl sites for hydroxylation is 1. The van der Waals surface area contributed by atoms with Crippen molar-refractivity contribution in [3.8, 4) is 22.6 Å². The number of nitrogens with one attached hydrogen (secondary N) is 2. The van der Waals surface area contributed by atoms with Crippen LogP contribution in [0.25, 0.3) is 32.9 Å². The molecule has 4 aromatic heterocycles. The molecule has 160 valence electrons. The van der Waals surface area contributed by atoms with E-state index in [1.165, 1.54) is 5.56 Å². The third kappa shape index (κ3) is 4.10. The number of pyridine rings is 1. The Bertz CT molecular complexity index is 1320. The summed E-state index contributed by atoms with van der Waals surface area (Å²) in [6.07, 6.45) is 6.05. The van der Waals surface area contributed by atoms with E-state index in [1.807, 2.05) is 36.4 Å². The number of hydrogen-bond donors (Lipinski definition) is 3. The van der Waals surface area contributed by atoms with Crippen molar-refractivity contribution in [2.45, 2.75) is 19.4 Å². The van der Waals surface area contributed by atoms with E-state index in [-0.39, 0.29) is 6.04 Å². The van der Waals surface area contributed by atoms with E-state index in [1.54, 1.807) is 29.9 Å². The Labute approximate surface area is 189 Å². The lowest BCUT2D eigenvalue weighted by molar-refractivity contribution is 0.698. The number of aromatic nitrogens is 5. The Hall–Kier alpha value is -3.62. The summed E-state index contributed by atoms with van der Waals surface area (Å²) >= 11 is 1.67. The molecule has 0 aliphatic carbocycles. The first-order valence-electron chi connectivity index (χ1n) is 10.4. The fraction of sp³-hybridized carbons (Fsp3) is 0.167. The predicted octanol–water partition coefficient (Wildman–Crippen LogP) is 4.43. The molecule has 4 heterocycles. The van der Waals surface area contributed by atoms with Crippen molar-refractivity contribution in [1.82, 2.24) is 25.1 Å². The first kappa shape index (κ1) is 20.3. The molecular formula is C24H23N7S. The zero-order chi connectivity index (χ0) is 21.9. The smallest absolute Gasteiger partial charge is 0.162 e. The van der Waals surface area contributed by atoms with Crippen molar-refractivity contribution in [1.29, 1.82) is 0 Å². The van der Waals surface area contributed by atoms with E-state index in [9.17, 15) is 0 Å². The van der Waals surface area contributed by atoms with Gasteiger partial charge in [0.05, 0.1) is 15.9 Å². The summed E-state index contributed by atoms with van der Waals surface area (Å²) in [7, 11) is 0. The molecule has 5 aromatic rings. The SMILES string of the molecule is Cc1sc2c(NCC(N)Cc3ccccc3)nc(-c3ccncc3)nc2c1-c1ccn[nH]1. The van der Waals surface area contributed by atoms with E-state index in [0.717, 1.165) is 44.2 Å². The summed E-state index contributed by atoms with van der Waals surface area (Å²) in [5, 5.41) is 10.7. The highest BCUT2D eigenvalue weighted by Gasteiger charge is 2.20. The Morgan fingerprint density at radius 3 is 2.59 bits per heavy atom. The largest absolute Gasteiger partial charge is 0.367 e. The molecule has 0 radical (unpaired) electrons. The van der Waals surface area contributed by atoms with Gasteiger partial charge >= 0.3 is 0 Å². The highest BCUT2D eigenvalue weighted by atomic mass is 32.1. The average Bonchev–Trinajstić information content (AvgIpc) is 3.45. The van der Waals surface area contributed by atoms with Gasteiger partial charge < -0.3 is 11.1 Å².